The molecule has 0 atom stereocenters. The summed E-state index contributed by atoms with van der Waals surface area (Å²) in [6, 6.07) is 7.94. The zero-order valence-corrected chi connectivity index (χ0v) is 15.6. The fraction of sp³-hybridized carbons (Fsp3) is 0.474. The van der Waals surface area contributed by atoms with Gasteiger partial charge in [-0.05, 0) is 50.3 Å². The number of aromatic nitrogens is 2. The van der Waals surface area contributed by atoms with Gasteiger partial charge in [-0.1, -0.05) is 35.9 Å². The average Bonchev–Trinajstić information content (AvgIpc) is 2.56. The summed E-state index contributed by atoms with van der Waals surface area (Å²) in [5.41, 5.74) is 2.23. The highest BCUT2D eigenvalue weighted by Crippen LogP contribution is 2.16. The molecule has 1 aromatic carbocycles. The number of nitrogens with zero attached hydrogens (tertiary/aromatic N) is 2. The van der Waals surface area contributed by atoms with Gasteiger partial charge >= 0.3 is 0 Å². The lowest BCUT2D eigenvalue weighted by Crippen LogP contribution is -2.36. The number of hydrogen-bond acceptors (Lipinski definition) is 3. The van der Waals surface area contributed by atoms with Crippen LogP contribution in [0.25, 0.3) is 0 Å². The minimum Gasteiger partial charge on any atom is -0.374 e. The van der Waals surface area contributed by atoms with E-state index in [2.05, 4.69) is 5.10 Å². The molecule has 4 nitrogen and oxygen atoms in total. The Morgan fingerprint density at radius 3 is 2.40 bits per heavy atom. The molecule has 0 saturated heterocycles. The van der Waals surface area contributed by atoms with Crippen molar-refractivity contribution in [3.8, 4) is 0 Å². The normalized spacial score (nSPS) is 11.7. The largest absolute Gasteiger partial charge is 0.374 e. The van der Waals surface area contributed by atoms with E-state index in [1.54, 1.807) is 6.20 Å². The summed E-state index contributed by atoms with van der Waals surface area (Å²) in [6.45, 7) is 5.79. The molecule has 0 aliphatic heterocycles. The second-order valence-electron chi connectivity index (χ2n) is 6.93. The molecule has 0 amide bonds. The Morgan fingerprint density at radius 1 is 1.16 bits per heavy atom. The fourth-order valence-corrected chi connectivity index (χ4v) is 2.67. The van der Waals surface area contributed by atoms with E-state index in [0.29, 0.717) is 13.0 Å². The van der Waals surface area contributed by atoms with Crippen LogP contribution in [-0.4, -0.2) is 23.1 Å². The number of hydrogen-bond donors (Lipinski definition) is 0. The zero-order valence-electron chi connectivity index (χ0n) is 14.9. The Kier molecular flexibility index (Phi) is 6.73. The van der Waals surface area contributed by atoms with Gasteiger partial charge in [0.1, 0.15) is 11.7 Å². The Labute approximate surface area is 152 Å². The first kappa shape index (κ1) is 19.6. The predicted molar refractivity (Wildman–Crippen MR) is 98.0 cm³/mol. The summed E-state index contributed by atoms with van der Waals surface area (Å²) in [4.78, 5) is 12.3. The molecular formula is C19H24ClFN2O2. The van der Waals surface area contributed by atoms with Gasteiger partial charge in [-0.2, -0.15) is 5.10 Å². The zero-order chi connectivity index (χ0) is 18.4. The highest BCUT2D eigenvalue weighted by molar-refractivity contribution is 6.31. The molecule has 0 unspecified atom stereocenters. The summed E-state index contributed by atoms with van der Waals surface area (Å²) in [5, 5.41) is 4.49. The van der Waals surface area contributed by atoms with Crippen LogP contribution < -0.4 is 5.56 Å². The third kappa shape index (κ3) is 5.38. The first-order valence-electron chi connectivity index (χ1n) is 8.31. The summed E-state index contributed by atoms with van der Waals surface area (Å²) >= 11 is 6.25. The molecule has 0 spiro atoms. The lowest BCUT2D eigenvalue weighted by atomic mass is 10.0. The van der Waals surface area contributed by atoms with E-state index in [4.69, 9.17) is 16.3 Å². The number of ether oxygens (including phenoxy) is 1. The van der Waals surface area contributed by atoms with Gasteiger partial charge in [0.2, 0.25) is 0 Å². The highest BCUT2D eigenvalue weighted by Gasteiger charge is 2.19. The quantitative estimate of drug-likeness (QED) is 0.697. The van der Waals surface area contributed by atoms with E-state index in [1.165, 1.54) is 4.68 Å². The Hall–Kier alpha value is -1.72. The van der Waals surface area contributed by atoms with Crippen molar-refractivity contribution in [3.05, 3.63) is 62.5 Å². The van der Waals surface area contributed by atoms with Gasteiger partial charge in [0, 0.05) is 0 Å². The predicted octanol–water partition coefficient (Wildman–Crippen LogP) is 3.92. The number of aryl methyl sites for hydroxylation is 2. The van der Waals surface area contributed by atoms with Crippen LogP contribution in [-0.2, 0) is 29.7 Å². The molecule has 6 heteroatoms. The minimum atomic E-state index is -0.471. The molecule has 0 saturated carbocycles. The third-order valence-electron chi connectivity index (χ3n) is 3.82. The van der Waals surface area contributed by atoms with Crippen LogP contribution >= 0.6 is 11.6 Å². The monoisotopic (exact) mass is 366 g/mol. The SMILES string of the molecule is CC(C)(C)n1ncc(CCc2ccc(COCCF)cc2)c(Cl)c1=O. The summed E-state index contributed by atoms with van der Waals surface area (Å²) in [6.07, 6.45) is 3.07. The van der Waals surface area contributed by atoms with Crippen molar-refractivity contribution in [1.82, 2.24) is 9.78 Å². The number of rotatable bonds is 7. The van der Waals surface area contributed by atoms with Crippen molar-refractivity contribution in [2.24, 2.45) is 0 Å². The Bertz CT molecular complexity index is 751. The molecule has 0 fully saturated rings. The summed E-state index contributed by atoms with van der Waals surface area (Å²) < 4.78 is 18.6. The molecule has 1 aromatic heterocycles. The molecule has 0 aliphatic carbocycles. The second kappa shape index (κ2) is 8.59. The number of alkyl halides is 1. The maximum Gasteiger partial charge on any atom is 0.286 e. The first-order chi connectivity index (χ1) is 11.8. The second-order valence-corrected chi connectivity index (χ2v) is 7.31. The highest BCUT2D eigenvalue weighted by atomic mass is 35.5. The molecule has 2 rings (SSSR count). The van der Waals surface area contributed by atoms with Gasteiger partial charge in [0.15, 0.2) is 0 Å². The van der Waals surface area contributed by atoms with Gasteiger partial charge in [0.25, 0.3) is 5.56 Å². The standard InChI is InChI=1S/C19H24ClFN2O2/c1-19(2,3)23-18(24)17(20)16(12-22-23)9-8-14-4-6-15(7-5-14)13-25-11-10-21/h4-7,12H,8-11,13H2,1-3H3. The molecular weight excluding hydrogens is 343 g/mol. The van der Waals surface area contributed by atoms with Crippen molar-refractivity contribution in [2.75, 3.05) is 13.3 Å². The topological polar surface area (TPSA) is 44.1 Å². The number of benzene rings is 1. The maximum atomic E-state index is 12.3. The van der Waals surface area contributed by atoms with Gasteiger partial charge in [-0.15, -0.1) is 0 Å². The van der Waals surface area contributed by atoms with Crippen LogP contribution in [0.5, 0.6) is 0 Å². The third-order valence-corrected chi connectivity index (χ3v) is 4.23. The van der Waals surface area contributed by atoms with Crippen molar-refractivity contribution in [2.45, 2.75) is 45.8 Å². The summed E-state index contributed by atoms with van der Waals surface area (Å²) in [5.74, 6) is 0. The Balaban J connectivity index is 2.02. The van der Waals surface area contributed by atoms with Gasteiger partial charge in [-0.3, -0.25) is 4.79 Å². The molecule has 136 valence electrons. The Morgan fingerprint density at radius 2 is 1.80 bits per heavy atom. The number of halogens is 2. The average molecular weight is 367 g/mol. The molecule has 0 radical (unpaired) electrons. The maximum absolute atomic E-state index is 12.3. The lowest BCUT2D eigenvalue weighted by Gasteiger charge is -2.21. The van der Waals surface area contributed by atoms with Crippen LogP contribution in [0.1, 0.15) is 37.5 Å². The van der Waals surface area contributed by atoms with Crippen LogP contribution in [0, 0.1) is 0 Å². The van der Waals surface area contributed by atoms with E-state index in [9.17, 15) is 9.18 Å². The molecule has 0 bridgehead atoms. The van der Waals surface area contributed by atoms with Crippen molar-refractivity contribution in [3.63, 3.8) is 0 Å². The molecule has 1 heterocycles. The van der Waals surface area contributed by atoms with E-state index in [0.717, 1.165) is 23.1 Å². The van der Waals surface area contributed by atoms with E-state index in [1.807, 2.05) is 45.0 Å². The molecule has 0 aliphatic rings. The van der Waals surface area contributed by atoms with Crippen LogP contribution in [0.15, 0.2) is 35.3 Å². The fourth-order valence-electron chi connectivity index (χ4n) is 2.44. The van der Waals surface area contributed by atoms with Crippen LogP contribution in [0.2, 0.25) is 5.02 Å². The molecule has 0 N–H and O–H groups in total. The molecule has 2 aromatic rings. The van der Waals surface area contributed by atoms with Gasteiger partial charge in [0.05, 0.1) is 24.9 Å². The summed E-state index contributed by atoms with van der Waals surface area (Å²) in [7, 11) is 0. The smallest absolute Gasteiger partial charge is 0.286 e. The van der Waals surface area contributed by atoms with E-state index < -0.39 is 12.2 Å². The van der Waals surface area contributed by atoms with Gasteiger partial charge < -0.3 is 4.74 Å². The minimum absolute atomic E-state index is 0.118. The van der Waals surface area contributed by atoms with Crippen LogP contribution in [0.4, 0.5) is 4.39 Å². The van der Waals surface area contributed by atoms with E-state index >= 15 is 0 Å². The van der Waals surface area contributed by atoms with Crippen molar-refractivity contribution in [1.29, 1.82) is 0 Å². The van der Waals surface area contributed by atoms with Crippen LogP contribution in [0.3, 0.4) is 0 Å². The van der Waals surface area contributed by atoms with Gasteiger partial charge in [-0.25, -0.2) is 9.07 Å². The van der Waals surface area contributed by atoms with Crippen molar-refractivity contribution < 1.29 is 9.13 Å². The lowest BCUT2D eigenvalue weighted by molar-refractivity contribution is 0.106. The molecule has 25 heavy (non-hydrogen) atoms. The first-order valence-corrected chi connectivity index (χ1v) is 8.69. The van der Waals surface area contributed by atoms with Crippen molar-refractivity contribution >= 4 is 11.6 Å². The van der Waals surface area contributed by atoms with E-state index in [-0.39, 0.29) is 17.2 Å².